The maximum Gasteiger partial charge on any atom is 0.225 e. The van der Waals surface area contributed by atoms with Crippen LogP contribution in [0.4, 0.5) is 5.95 Å². The molecule has 0 spiro atoms. The van der Waals surface area contributed by atoms with E-state index in [1.807, 2.05) is 19.3 Å². The molecule has 2 fully saturated rings. The van der Waals surface area contributed by atoms with Crippen LogP contribution in [0.3, 0.4) is 0 Å². The van der Waals surface area contributed by atoms with E-state index in [0.717, 1.165) is 30.5 Å². The third kappa shape index (κ3) is 5.65. The van der Waals surface area contributed by atoms with Crippen LogP contribution in [0, 0.1) is 12.8 Å². The van der Waals surface area contributed by atoms with Crippen molar-refractivity contribution in [2.45, 2.75) is 65.1 Å². The minimum atomic E-state index is -0.0162. The molecule has 0 N–H and O–H groups in total. The fraction of sp³-hybridized carbons (Fsp3) is 0.800. The summed E-state index contributed by atoms with van der Waals surface area (Å²) < 4.78 is 6.14. The first-order valence-corrected chi connectivity index (χ1v) is 9.83. The SMILES string of the molecule is Cc1cnc(N2CCC(CN3CCC(OC(C)(C)C)CC3)CC2)nc1. The minimum Gasteiger partial charge on any atom is -0.373 e. The molecule has 0 aliphatic carbocycles. The van der Waals surface area contributed by atoms with Crippen molar-refractivity contribution in [1.82, 2.24) is 14.9 Å². The van der Waals surface area contributed by atoms with Gasteiger partial charge < -0.3 is 14.5 Å². The molecule has 1 aromatic rings. The van der Waals surface area contributed by atoms with E-state index in [-0.39, 0.29) is 5.60 Å². The van der Waals surface area contributed by atoms with Crippen LogP contribution in [-0.4, -0.2) is 59.3 Å². The third-order valence-corrected chi connectivity index (χ3v) is 5.24. The highest BCUT2D eigenvalue weighted by atomic mass is 16.5. The van der Waals surface area contributed by atoms with Crippen LogP contribution < -0.4 is 4.90 Å². The number of hydrogen-bond donors (Lipinski definition) is 0. The van der Waals surface area contributed by atoms with Crippen molar-refractivity contribution >= 4 is 5.95 Å². The summed E-state index contributed by atoms with van der Waals surface area (Å²) in [4.78, 5) is 13.9. The van der Waals surface area contributed by atoms with Gasteiger partial charge in [-0.15, -0.1) is 0 Å². The van der Waals surface area contributed by atoms with Gasteiger partial charge in [-0.2, -0.15) is 0 Å². The van der Waals surface area contributed by atoms with Gasteiger partial charge in [0.25, 0.3) is 0 Å². The van der Waals surface area contributed by atoms with Crippen molar-refractivity contribution in [2.24, 2.45) is 5.92 Å². The average Bonchev–Trinajstić information content (AvgIpc) is 2.57. The number of piperidine rings is 2. The summed E-state index contributed by atoms with van der Waals surface area (Å²) in [6.07, 6.45) is 9.11. The lowest BCUT2D eigenvalue weighted by Crippen LogP contribution is -2.44. The van der Waals surface area contributed by atoms with Gasteiger partial charge in [-0.05, 0) is 64.9 Å². The molecule has 3 heterocycles. The first kappa shape index (κ1) is 18.6. The molecule has 0 saturated carbocycles. The molecular formula is C20H34N4O. The molecule has 2 aliphatic heterocycles. The molecule has 0 aromatic carbocycles. The summed E-state index contributed by atoms with van der Waals surface area (Å²) in [6, 6.07) is 0. The summed E-state index contributed by atoms with van der Waals surface area (Å²) >= 11 is 0. The summed E-state index contributed by atoms with van der Waals surface area (Å²) in [5, 5.41) is 0. The smallest absolute Gasteiger partial charge is 0.225 e. The Balaban J connectivity index is 1.39. The third-order valence-electron chi connectivity index (χ3n) is 5.24. The number of ether oxygens (including phenoxy) is 1. The lowest BCUT2D eigenvalue weighted by atomic mass is 9.95. The second-order valence-corrected chi connectivity index (χ2v) is 8.72. The van der Waals surface area contributed by atoms with Gasteiger partial charge in [-0.3, -0.25) is 0 Å². The highest BCUT2D eigenvalue weighted by Gasteiger charge is 2.27. The van der Waals surface area contributed by atoms with Gasteiger partial charge in [-0.1, -0.05) is 0 Å². The molecule has 0 unspecified atom stereocenters. The molecule has 1 aromatic heterocycles. The van der Waals surface area contributed by atoms with Crippen molar-refractivity contribution in [3.63, 3.8) is 0 Å². The zero-order valence-electron chi connectivity index (χ0n) is 16.4. The van der Waals surface area contributed by atoms with E-state index < -0.39 is 0 Å². The van der Waals surface area contributed by atoms with Crippen LogP contribution >= 0.6 is 0 Å². The van der Waals surface area contributed by atoms with Crippen LogP contribution in [0.1, 0.15) is 52.0 Å². The standard InChI is InChI=1S/C20H34N4O/c1-16-13-21-19(22-14-16)24-11-5-17(6-12-24)15-23-9-7-18(8-10-23)25-20(2,3)4/h13-14,17-18H,5-12,15H2,1-4H3. The first-order valence-electron chi connectivity index (χ1n) is 9.83. The van der Waals surface area contributed by atoms with Crippen LogP contribution in [0.2, 0.25) is 0 Å². The van der Waals surface area contributed by atoms with Crippen molar-refractivity contribution in [3.05, 3.63) is 18.0 Å². The van der Waals surface area contributed by atoms with Crippen molar-refractivity contribution in [1.29, 1.82) is 0 Å². The number of hydrogen-bond acceptors (Lipinski definition) is 5. The zero-order valence-corrected chi connectivity index (χ0v) is 16.4. The van der Waals surface area contributed by atoms with E-state index in [9.17, 15) is 0 Å². The summed E-state index contributed by atoms with van der Waals surface area (Å²) in [5.74, 6) is 1.70. The molecule has 2 aliphatic rings. The monoisotopic (exact) mass is 346 g/mol. The molecule has 0 radical (unpaired) electrons. The van der Waals surface area contributed by atoms with Crippen LogP contribution in [-0.2, 0) is 4.74 Å². The minimum absolute atomic E-state index is 0.0162. The van der Waals surface area contributed by atoms with Gasteiger partial charge in [0.2, 0.25) is 5.95 Å². The maximum absolute atomic E-state index is 6.14. The molecule has 0 bridgehead atoms. The second-order valence-electron chi connectivity index (χ2n) is 8.72. The van der Waals surface area contributed by atoms with Gasteiger partial charge in [0.15, 0.2) is 0 Å². The molecular weight excluding hydrogens is 312 g/mol. The number of likely N-dealkylation sites (tertiary alicyclic amines) is 1. The van der Waals surface area contributed by atoms with E-state index in [4.69, 9.17) is 4.74 Å². The number of aryl methyl sites for hydroxylation is 1. The predicted molar refractivity (Wildman–Crippen MR) is 102 cm³/mol. The highest BCUT2D eigenvalue weighted by Crippen LogP contribution is 2.24. The van der Waals surface area contributed by atoms with Crippen molar-refractivity contribution < 1.29 is 4.74 Å². The molecule has 2 saturated heterocycles. The van der Waals surface area contributed by atoms with Gasteiger partial charge in [0.1, 0.15) is 0 Å². The van der Waals surface area contributed by atoms with Gasteiger partial charge in [0, 0.05) is 45.1 Å². The Kier molecular flexibility index (Phi) is 5.95. The topological polar surface area (TPSA) is 41.5 Å². The summed E-state index contributed by atoms with van der Waals surface area (Å²) in [6.45, 7) is 14.3. The highest BCUT2D eigenvalue weighted by molar-refractivity contribution is 5.30. The van der Waals surface area contributed by atoms with Gasteiger partial charge in [0.05, 0.1) is 11.7 Å². The molecule has 25 heavy (non-hydrogen) atoms. The lowest BCUT2D eigenvalue weighted by molar-refractivity contribution is -0.0831. The number of nitrogens with zero attached hydrogens (tertiary/aromatic N) is 4. The van der Waals surface area contributed by atoms with E-state index >= 15 is 0 Å². The van der Waals surface area contributed by atoms with Crippen molar-refractivity contribution in [3.8, 4) is 0 Å². The Hall–Kier alpha value is -1.20. The molecule has 3 rings (SSSR count). The van der Waals surface area contributed by atoms with E-state index in [0.29, 0.717) is 6.10 Å². The average molecular weight is 347 g/mol. The summed E-state index contributed by atoms with van der Waals surface area (Å²) in [5.41, 5.74) is 1.11. The summed E-state index contributed by atoms with van der Waals surface area (Å²) in [7, 11) is 0. The Bertz CT molecular complexity index is 524. The molecule has 0 atom stereocenters. The fourth-order valence-electron chi connectivity index (χ4n) is 3.94. The Labute approximate surface area is 152 Å². The van der Waals surface area contributed by atoms with Crippen LogP contribution in [0.15, 0.2) is 12.4 Å². The molecule has 140 valence electrons. The quantitative estimate of drug-likeness (QED) is 0.837. The number of anilines is 1. The largest absolute Gasteiger partial charge is 0.373 e. The number of aromatic nitrogens is 2. The normalized spacial score (nSPS) is 21.7. The van der Waals surface area contributed by atoms with Crippen LogP contribution in [0.25, 0.3) is 0 Å². The second kappa shape index (κ2) is 8.00. The van der Waals surface area contributed by atoms with Crippen molar-refractivity contribution in [2.75, 3.05) is 37.6 Å². The Morgan fingerprint density at radius 1 is 1.00 bits per heavy atom. The van der Waals surface area contributed by atoms with Gasteiger partial charge >= 0.3 is 0 Å². The Morgan fingerprint density at radius 3 is 2.16 bits per heavy atom. The predicted octanol–water partition coefficient (Wildman–Crippen LogP) is 3.28. The maximum atomic E-state index is 6.14. The van der Waals surface area contributed by atoms with E-state index in [1.165, 1.54) is 45.3 Å². The molecule has 5 nitrogen and oxygen atoms in total. The molecule has 0 amide bonds. The zero-order chi connectivity index (χ0) is 17.9. The van der Waals surface area contributed by atoms with E-state index in [2.05, 4.69) is 40.5 Å². The lowest BCUT2D eigenvalue weighted by Gasteiger charge is -2.39. The fourth-order valence-corrected chi connectivity index (χ4v) is 3.94. The number of rotatable bonds is 4. The first-order chi connectivity index (χ1) is 11.9. The van der Waals surface area contributed by atoms with Gasteiger partial charge in [-0.25, -0.2) is 9.97 Å². The Morgan fingerprint density at radius 2 is 1.60 bits per heavy atom. The molecule has 5 heteroatoms. The van der Waals surface area contributed by atoms with Crippen LogP contribution in [0.5, 0.6) is 0 Å². The van der Waals surface area contributed by atoms with E-state index in [1.54, 1.807) is 0 Å².